The molecule has 7 heteroatoms. The number of rotatable bonds is 4. The predicted octanol–water partition coefficient (Wildman–Crippen LogP) is 2.59. The molecule has 24 heavy (non-hydrogen) atoms. The zero-order valence-electron chi connectivity index (χ0n) is 13.2. The van der Waals surface area contributed by atoms with Gasteiger partial charge < -0.3 is 15.7 Å². The number of hydrogen-bond acceptors (Lipinski definition) is 4. The molecule has 3 rings (SSSR count). The van der Waals surface area contributed by atoms with Gasteiger partial charge in [0.1, 0.15) is 5.82 Å². The Balaban J connectivity index is 0.00000208. The molecule has 2 unspecified atom stereocenters. The Bertz CT molecular complexity index is 705. The predicted molar refractivity (Wildman–Crippen MR) is 96.4 cm³/mol. The standard InChI is InChI=1S/C17H19FN2O2S.ClH/c1-10-6-15(17(22)20-8-12-7-19-9-14(12)21)23-16(10)11-2-4-13(18)5-3-11;/h2-6,12,14,19,21H,7-9H2,1H3,(H,20,22);1H. The van der Waals surface area contributed by atoms with Gasteiger partial charge in [-0.1, -0.05) is 12.1 Å². The molecule has 0 radical (unpaired) electrons. The molecule has 1 aliphatic heterocycles. The quantitative estimate of drug-likeness (QED) is 0.775. The molecule has 1 aliphatic rings. The first-order chi connectivity index (χ1) is 11.0. The topological polar surface area (TPSA) is 61.4 Å². The average molecular weight is 371 g/mol. The van der Waals surface area contributed by atoms with Crippen LogP contribution in [0.15, 0.2) is 30.3 Å². The molecule has 0 aliphatic carbocycles. The summed E-state index contributed by atoms with van der Waals surface area (Å²) in [5.74, 6) is -0.355. The van der Waals surface area contributed by atoms with Crippen LogP contribution in [0.25, 0.3) is 10.4 Å². The molecular weight excluding hydrogens is 351 g/mol. The molecule has 1 aromatic carbocycles. The highest BCUT2D eigenvalue weighted by atomic mass is 35.5. The number of aryl methyl sites for hydroxylation is 1. The van der Waals surface area contributed by atoms with E-state index in [0.29, 0.717) is 24.5 Å². The molecule has 3 N–H and O–H groups in total. The lowest BCUT2D eigenvalue weighted by Crippen LogP contribution is -2.34. The fraction of sp³-hybridized carbons (Fsp3) is 0.353. The van der Waals surface area contributed by atoms with E-state index in [-0.39, 0.29) is 30.0 Å². The van der Waals surface area contributed by atoms with Crippen LogP contribution in [-0.4, -0.2) is 36.8 Å². The van der Waals surface area contributed by atoms with Gasteiger partial charge in [-0.05, 0) is 36.2 Å². The Morgan fingerprint density at radius 1 is 1.38 bits per heavy atom. The molecule has 4 nitrogen and oxygen atoms in total. The van der Waals surface area contributed by atoms with E-state index in [1.54, 1.807) is 12.1 Å². The lowest BCUT2D eigenvalue weighted by molar-refractivity contribution is 0.0931. The molecule has 130 valence electrons. The summed E-state index contributed by atoms with van der Waals surface area (Å²) in [6, 6.07) is 8.13. The number of β-amino-alcohol motifs (C(OH)–C–C–N with tert-alkyl or cyclic N) is 1. The molecular formula is C17H20ClFN2O2S. The zero-order valence-corrected chi connectivity index (χ0v) is 14.8. The van der Waals surface area contributed by atoms with Gasteiger partial charge in [0, 0.05) is 30.4 Å². The van der Waals surface area contributed by atoms with E-state index in [2.05, 4.69) is 10.6 Å². The highest BCUT2D eigenvalue weighted by Crippen LogP contribution is 2.32. The third kappa shape index (κ3) is 4.13. The number of amides is 1. The Kier molecular flexibility index (Phi) is 6.34. The van der Waals surface area contributed by atoms with Gasteiger partial charge in [0.2, 0.25) is 0 Å². The Morgan fingerprint density at radius 2 is 2.08 bits per heavy atom. The van der Waals surface area contributed by atoms with Gasteiger partial charge in [0.15, 0.2) is 0 Å². The Hall–Kier alpha value is -1.47. The number of benzene rings is 1. The minimum atomic E-state index is -0.407. The third-order valence-corrected chi connectivity index (χ3v) is 5.36. The van der Waals surface area contributed by atoms with Crippen molar-refractivity contribution in [3.05, 3.63) is 46.6 Å². The first-order valence-corrected chi connectivity index (χ1v) is 8.39. The van der Waals surface area contributed by atoms with E-state index in [9.17, 15) is 14.3 Å². The normalized spacial score (nSPS) is 19.8. The molecule has 2 heterocycles. The van der Waals surface area contributed by atoms with E-state index in [1.165, 1.54) is 23.5 Å². The second kappa shape index (κ2) is 8.07. The van der Waals surface area contributed by atoms with Crippen molar-refractivity contribution in [2.45, 2.75) is 13.0 Å². The van der Waals surface area contributed by atoms with Gasteiger partial charge in [-0.15, -0.1) is 23.7 Å². The highest BCUT2D eigenvalue weighted by molar-refractivity contribution is 7.17. The summed E-state index contributed by atoms with van der Waals surface area (Å²) in [6.45, 7) is 3.69. The molecule has 0 bridgehead atoms. The van der Waals surface area contributed by atoms with Crippen LogP contribution in [-0.2, 0) is 0 Å². The summed E-state index contributed by atoms with van der Waals surface area (Å²) in [5, 5.41) is 15.7. The summed E-state index contributed by atoms with van der Waals surface area (Å²) in [7, 11) is 0. The number of carbonyl (C=O) groups excluding carboxylic acids is 1. The van der Waals surface area contributed by atoms with Crippen LogP contribution in [0.3, 0.4) is 0 Å². The lowest BCUT2D eigenvalue weighted by Gasteiger charge is -2.13. The summed E-state index contributed by atoms with van der Waals surface area (Å²) in [4.78, 5) is 13.9. The summed E-state index contributed by atoms with van der Waals surface area (Å²) in [5.41, 5.74) is 1.90. The summed E-state index contributed by atoms with van der Waals surface area (Å²) < 4.78 is 13.0. The van der Waals surface area contributed by atoms with Crippen LogP contribution < -0.4 is 10.6 Å². The number of carbonyl (C=O) groups is 1. The van der Waals surface area contributed by atoms with E-state index < -0.39 is 6.10 Å². The van der Waals surface area contributed by atoms with E-state index in [4.69, 9.17) is 0 Å². The first kappa shape index (κ1) is 18.9. The number of nitrogens with one attached hydrogen (secondary N) is 2. The van der Waals surface area contributed by atoms with Crippen molar-refractivity contribution in [2.75, 3.05) is 19.6 Å². The Labute approximate surface area is 150 Å². The van der Waals surface area contributed by atoms with Crippen LogP contribution in [0.2, 0.25) is 0 Å². The van der Waals surface area contributed by atoms with Crippen molar-refractivity contribution < 1.29 is 14.3 Å². The van der Waals surface area contributed by atoms with Crippen molar-refractivity contribution in [2.24, 2.45) is 5.92 Å². The van der Waals surface area contributed by atoms with Crippen LogP contribution in [0.1, 0.15) is 15.2 Å². The highest BCUT2D eigenvalue weighted by Gasteiger charge is 2.25. The SMILES string of the molecule is Cc1cc(C(=O)NCC2CNCC2O)sc1-c1ccc(F)cc1.Cl. The largest absolute Gasteiger partial charge is 0.391 e. The number of halogens is 2. The van der Waals surface area contributed by atoms with E-state index in [0.717, 1.165) is 16.0 Å². The van der Waals surface area contributed by atoms with Crippen LogP contribution >= 0.6 is 23.7 Å². The van der Waals surface area contributed by atoms with Gasteiger partial charge in [0.25, 0.3) is 5.91 Å². The van der Waals surface area contributed by atoms with Gasteiger partial charge in [-0.25, -0.2) is 4.39 Å². The summed E-state index contributed by atoms with van der Waals surface area (Å²) >= 11 is 1.40. The van der Waals surface area contributed by atoms with Crippen LogP contribution in [0.4, 0.5) is 4.39 Å². The lowest BCUT2D eigenvalue weighted by atomic mass is 10.1. The first-order valence-electron chi connectivity index (χ1n) is 7.58. The maximum Gasteiger partial charge on any atom is 0.261 e. The average Bonchev–Trinajstić information content (AvgIpc) is 3.12. The fourth-order valence-electron chi connectivity index (χ4n) is 2.72. The minimum Gasteiger partial charge on any atom is -0.391 e. The van der Waals surface area contributed by atoms with Gasteiger partial charge in [0.05, 0.1) is 11.0 Å². The van der Waals surface area contributed by atoms with Gasteiger partial charge >= 0.3 is 0 Å². The monoisotopic (exact) mass is 370 g/mol. The molecule has 1 aromatic heterocycles. The minimum absolute atomic E-state index is 0. The van der Waals surface area contributed by atoms with Crippen molar-refractivity contribution >= 4 is 29.7 Å². The van der Waals surface area contributed by atoms with Crippen molar-refractivity contribution in [3.63, 3.8) is 0 Å². The molecule has 1 saturated heterocycles. The molecule has 0 saturated carbocycles. The summed E-state index contributed by atoms with van der Waals surface area (Å²) in [6.07, 6.45) is -0.407. The number of aliphatic hydroxyl groups is 1. The zero-order chi connectivity index (χ0) is 16.4. The van der Waals surface area contributed by atoms with Crippen LogP contribution in [0.5, 0.6) is 0 Å². The maximum absolute atomic E-state index is 13.0. The molecule has 0 spiro atoms. The maximum atomic E-state index is 13.0. The molecule has 1 amide bonds. The van der Waals surface area contributed by atoms with Crippen molar-refractivity contribution in [1.82, 2.24) is 10.6 Å². The van der Waals surface area contributed by atoms with Crippen LogP contribution in [0, 0.1) is 18.7 Å². The smallest absolute Gasteiger partial charge is 0.261 e. The van der Waals surface area contributed by atoms with E-state index in [1.807, 2.05) is 13.0 Å². The third-order valence-electron chi connectivity index (χ3n) is 4.08. The van der Waals surface area contributed by atoms with Gasteiger partial charge in [-0.2, -0.15) is 0 Å². The Morgan fingerprint density at radius 3 is 2.71 bits per heavy atom. The van der Waals surface area contributed by atoms with Crippen molar-refractivity contribution in [3.8, 4) is 10.4 Å². The van der Waals surface area contributed by atoms with Crippen molar-refractivity contribution in [1.29, 1.82) is 0 Å². The molecule has 1 fully saturated rings. The second-order valence-electron chi connectivity index (χ2n) is 5.83. The fourth-order valence-corrected chi connectivity index (χ4v) is 3.81. The number of thiophene rings is 1. The van der Waals surface area contributed by atoms with Gasteiger partial charge in [-0.3, -0.25) is 4.79 Å². The molecule has 2 atom stereocenters. The second-order valence-corrected chi connectivity index (χ2v) is 6.88. The number of aliphatic hydroxyl groups excluding tert-OH is 1. The molecule has 2 aromatic rings. The number of hydrogen-bond donors (Lipinski definition) is 3. The van der Waals surface area contributed by atoms with E-state index >= 15 is 0 Å².